The second-order valence-corrected chi connectivity index (χ2v) is 8.59. The average Bonchev–Trinajstić information content (AvgIpc) is 3.65. The topological polar surface area (TPSA) is 113 Å². The number of morpholine rings is 1. The number of rotatable bonds is 5. The van der Waals surface area contributed by atoms with Gasteiger partial charge in [0, 0.05) is 38.4 Å². The van der Waals surface area contributed by atoms with Crippen LogP contribution in [-0.4, -0.2) is 60.5 Å². The number of aromatic nitrogens is 3. The van der Waals surface area contributed by atoms with Gasteiger partial charge in [0.25, 0.3) is 11.9 Å². The van der Waals surface area contributed by atoms with Gasteiger partial charge in [-0.05, 0) is 37.5 Å². The summed E-state index contributed by atoms with van der Waals surface area (Å²) < 4.78 is 17.3. The number of hydrogen-bond donors (Lipinski definition) is 2. The molecule has 0 aliphatic carbocycles. The molecule has 2 aliphatic rings. The number of nitrogens with one attached hydrogen (secondary N) is 2. The molecule has 6 rings (SSSR count). The van der Waals surface area contributed by atoms with E-state index in [0.717, 1.165) is 55.8 Å². The Hall–Kier alpha value is -3.79. The van der Waals surface area contributed by atoms with Crippen molar-refractivity contribution in [1.29, 1.82) is 0 Å². The number of fused-ring (bicyclic) bond motifs is 1. The second kappa shape index (κ2) is 8.86. The van der Waals surface area contributed by atoms with Crippen LogP contribution in [0.1, 0.15) is 29.8 Å². The minimum absolute atomic E-state index is 0.229. The molecule has 10 heteroatoms. The number of aromatic amines is 1. The van der Waals surface area contributed by atoms with Gasteiger partial charge in [-0.25, -0.2) is 0 Å². The molecule has 1 amide bonds. The molecule has 0 spiro atoms. The summed E-state index contributed by atoms with van der Waals surface area (Å²) in [4.78, 5) is 22.2. The van der Waals surface area contributed by atoms with Gasteiger partial charge in [-0.3, -0.25) is 9.89 Å². The van der Waals surface area contributed by atoms with Crippen molar-refractivity contribution in [1.82, 2.24) is 15.2 Å². The Kier molecular flexibility index (Phi) is 5.42. The largest absolute Gasteiger partial charge is 0.451 e. The molecular weight excluding hydrogens is 436 g/mol. The average molecular weight is 463 g/mol. The molecule has 5 heterocycles. The molecule has 2 N–H and O–H groups in total. The quantitative estimate of drug-likeness (QED) is 0.459. The number of carbonyl (C=O) groups is 1. The first-order chi connectivity index (χ1) is 16.7. The van der Waals surface area contributed by atoms with Crippen molar-refractivity contribution in [3.05, 3.63) is 42.4 Å². The van der Waals surface area contributed by atoms with Crippen molar-refractivity contribution < 1.29 is 18.4 Å². The Morgan fingerprint density at radius 2 is 1.85 bits per heavy atom. The van der Waals surface area contributed by atoms with Crippen molar-refractivity contribution in [3.63, 3.8) is 0 Å². The molecule has 176 valence electrons. The standard InChI is InChI=1S/C24H26N6O4/c31-23(21-5-4-20(33-21)16-14-25-26-15-16)27-17-13-22-18(12-19(17)29-6-2-1-3-7-29)28-24(34-22)30-8-10-32-11-9-30/h4-5,12-15H,1-3,6-11H2,(H,25,26)(H,27,31). The summed E-state index contributed by atoms with van der Waals surface area (Å²) in [6, 6.07) is 7.90. The normalized spacial score (nSPS) is 16.8. The molecule has 1 aromatic carbocycles. The maximum absolute atomic E-state index is 13.1. The van der Waals surface area contributed by atoms with Gasteiger partial charge in [0.05, 0.1) is 36.3 Å². The van der Waals surface area contributed by atoms with Gasteiger partial charge < -0.3 is 28.7 Å². The summed E-state index contributed by atoms with van der Waals surface area (Å²) in [6.45, 7) is 4.67. The Bertz CT molecular complexity index is 1280. The molecule has 0 radical (unpaired) electrons. The maximum Gasteiger partial charge on any atom is 0.298 e. The number of hydrogen-bond acceptors (Lipinski definition) is 8. The monoisotopic (exact) mass is 462 g/mol. The first kappa shape index (κ1) is 20.8. The second-order valence-electron chi connectivity index (χ2n) is 8.59. The molecule has 0 atom stereocenters. The molecule has 2 fully saturated rings. The van der Waals surface area contributed by atoms with Crippen molar-refractivity contribution in [2.75, 3.05) is 54.5 Å². The van der Waals surface area contributed by atoms with Gasteiger partial charge in [0.15, 0.2) is 11.3 Å². The highest BCUT2D eigenvalue weighted by Gasteiger charge is 2.23. The van der Waals surface area contributed by atoms with E-state index < -0.39 is 0 Å². The first-order valence-electron chi connectivity index (χ1n) is 11.7. The van der Waals surface area contributed by atoms with Crippen LogP contribution >= 0.6 is 0 Å². The number of piperidine rings is 1. The van der Waals surface area contributed by atoms with E-state index in [9.17, 15) is 4.79 Å². The highest BCUT2D eigenvalue weighted by atomic mass is 16.5. The summed E-state index contributed by atoms with van der Waals surface area (Å²) >= 11 is 0. The SMILES string of the molecule is O=C(Nc1cc2oc(N3CCOCC3)nc2cc1N1CCCCC1)c1ccc(-c2cn[nH]c2)o1. The van der Waals surface area contributed by atoms with Crippen LogP contribution in [0, 0.1) is 0 Å². The van der Waals surface area contributed by atoms with Crippen LogP contribution < -0.4 is 15.1 Å². The van der Waals surface area contributed by atoms with E-state index in [1.165, 1.54) is 6.42 Å². The van der Waals surface area contributed by atoms with Crippen LogP contribution in [-0.2, 0) is 4.74 Å². The Balaban J connectivity index is 1.32. The van der Waals surface area contributed by atoms with Crippen LogP contribution in [0.15, 0.2) is 45.5 Å². The van der Waals surface area contributed by atoms with Crippen molar-refractivity contribution in [3.8, 4) is 11.3 Å². The van der Waals surface area contributed by atoms with Gasteiger partial charge >= 0.3 is 0 Å². The molecule has 4 aromatic rings. The minimum atomic E-state index is -0.319. The van der Waals surface area contributed by atoms with E-state index >= 15 is 0 Å². The number of benzene rings is 1. The molecular formula is C24H26N6O4. The molecule has 2 saturated heterocycles. The van der Waals surface area contributed by atoms with Crippen molar-refractivity contribution >= 4 is 34.4 Å². The smallest absolute Gasteiger partial charge is 0.298 e. The molecule has 10 nitrogen and oxygen atoms in total. The Labute approximate surface area is 195 Å². The predicted octanol–water partition coefficient (Wildman–Crippen LogP) is 3.89. The van der Waals surface area contributed by atoms with E-state index in [-0.39, 0.29) is 11.7 Å². The number of H-pyrrole nitrogens is 1. The highest BCUT2D eigenvalue weighted by molar-refractivity contribution is 6.06. The van der Waals surface area contributed by atoms with Crippen molar-refractivity contribution in [2.24, 2.45) is 0 Å². The zero-order valence-corrected chi connectivity index (χ0v) is 18.7. The fraction of sp³-hybridized carbons (Fsp3) is 0.375. The van der Waals surface area contributed by atoms with E-state index in [0.29, 0.717) is 36.3 Å². The van der Waals surface area contributed by atoms with Gasteiger partial charge in [-0.15, -0.1) is 0 Å². The van der Waals surface area contributed by atoms with E-state index in [1.807, 2.05) is 12.1 Å². The molecule has 0 bridgehead atoms. The van der Waals surface area contributed by atoms with Crippen molar-refractivity contribution in [2.45, 2.75) is 19.3 Å². The lowest BCUT2D eigenvalue weighted by Gasteiger charge is -2.30. The minimum Gasteiger partial charge on any atom is -0.451 e. The Morgan fingerprint density at radius 1 is 1.00 bits per heavy atom. The number of nitrogens with zero attached hydrogens (tertiary/aromatic N) is 4. The molecule has 2 aliphatic heterocycles. The van der Waals surface area contributed by atoms with Gasteiger partial charge in [0.1, 0.15) is 11.3 Å². The summed E-state index contributed by atoms with van der Waals surface area (Å²) in [5.74, 6) is 0.490. The van der Waals surface area contributed by atoms with Gasteiger partial charge in [-0.2, -0.15) is 10.1 Å². The van der Waals surface area contributed by atoms with Crippen LogP contribution in [0.4, 0.5) is 17.4 Å². The Morgan fingerprint density at radius 3 is 2.65 bits per heavy atom. The molecule has 3 aromatic heterocycles. The summed E-state index contributed by atoms with van der Waals surface area (Å²) in [5, 5.41) is 9.73. The van der Waals surface area contributed by atoms with Gasteiger partial charge in [-0.1, -0.05) is 0 Å². The maximum atomic E-state index is 13.1. The zero-order chi connectivity index (χ0) is 22.9. The number of carbonyl (C=O) groups excluding carboxylic acids is 1. The van der Waals surface area contributed by atoms with Crippen LogP contribution in [0.2, 0.25) is 0 Å². The van der Waals surface area contributed by atoms with E-state index in [1.54, 1.807) is 24.5 Å². The first-order valence-corrected chi connectivity index (χ1v) is 11.7. The highest BCUT2D eigenvalue weighted by Crippen LogP contribution is 2.35. The summed E-state index contributed by atoms with van der Waals surface area (Å²) in [6.07, 6.45) is 6.83. The third-order valence-electron chi connectivity index (χ3n) is 6.33. The third-order valence-corrected chi connectivity index (χ3v) is 6.33. The zero-order valence-electron chi connectivity index (χ0n) is 18.7. The lowest BCUT2D eigenvalue weighted by Crippen LogP contribution is -2.36. The summed E-state index contributed by atoms with van der Waals surface area (Å²) in [5.41, 5.74) is 3.83. The summed E-state index contributed by atoms with van der Waals surface area (Å²) in [7, 11) is 0. The number of furan rings is 1. The number of amides is 1. The van der Waals surface area contributed by atoms with Gasteiger partial charge in [0.2, 0.25) is 0 Å². The van der Waals surface area contributed by atoms with Crippen LogP contribution in [0.25, 0.3) is 22.4 Å². The number of ether oxygens (including phenoxy) is 1. The number of oxazole rings is 1. The third kappa shape index (κ3) is 4.01. The van der Waals surface area contributed by atoms with Crippen LogP contribution in [0.3, 0.4) is 0 Å². The predicted molar refractivity (Wildman–Crippen MR) is 127 cm³/mol. The van der Waals surface area contributed by atoms with E-state index in [2.05, 4.69) is 25.3 Å². The van der Waals surface area contributed by atoms with E-state index in [4.69, 9.17) is 18.6 Å². The lowest BCUT2D eigenvalue weighted by molar-refractivity contribution is 0.0997. The number of anilines is 3. The molecule has 0 saturated carbocycles. The fourth-order valence-electron chi connectivity index (χ4n) is 4.52. The fourth-order valence-corrected chi connectivity index (χ4v) is 4.52. The molecule has 0 unspecified atom stereocenters. The lowest BCUT2D eigenvalue weighted by atomic mass is 10.1. The van der Waals surface area contributed by atoms with Crippen LogP contribution in [0.5, 0.6) is 0 Å². The molecule has 34 heavy (non-hydrogen) atoms.